The molecule has 2 aromatic rings. The van der Waals surface area contributed by atoms with E-state index in [0.29, 0.717) is 28.4 Å². The van der Waals surface area contributed by atoms with Crippen molar-refractivity contribution in [1.82, 2.24) is 14.5 Å². The summed E-state index contributed by atoms with van der Waals surface area (Å²) < 4.78 is 7.84. The van der Waals surface area contributed by atoms with Crippen molar-refractivity contribution in [2.75, 3.05) is 31.0 Å². The third-order valence-corrected chi connectivity index (χ3v) is 6.77. The minimum atomic E-state index is -1.23. The van der Waals surface area contributed by atoms with Crippen LogP contribution in [-0.2, 0) is 4.74 Å². The summed E-state index contributed by atoms with van der Waals surface area (Å²) in [5.74, 6) is 0.804. The highest BCUT2D eigenvalue weighted by Crippen LogP contribution is 2.41. The van der Waals surface area contributed by atoms with Gasteiger partial charge in [-0.3, -0.25) is 4.57 Å². The summed E-state index contributed by atoms with van der Waals surface area (Å²) in [6.45, 7) is 5.08. The Morgan fingerprint density at radius 1 is 1.38 bits per heavy atom. The highest BCUT2D eigenvalue weighted by atomic mass is 32.2. The van der Waals surface area contributed by atoms with E-state index in [0.717, 1.165) is 11.9 Å². The smallest absolute Gasteiger partial charge is 0.172 e. The second-order valence-electron chi connectivity index (χ2n) is 7.26. The SMILES string of the molecule is C=P(C)(C)CC[C@H]1OC(n2c(SCC)nc3c(N)ccnc32)[C@H](O)[C@@H]1O. The van der Waals surface area contributed by atoms with Crippen molar-refractivity contribution < 1.29 is 14.9 Å². The third-order valence-electron chi connectivity index (χ3n) is 4.46. The van der Waals surface area contributed by atoms with Gasteiger partial charge in [-0.1, -0.05) is 18.7 Å². The number of aromatic nitrogens is 3. The standard InChI is InChI=1S/C17H27N4O3PS/c1-5-26-17-20-12-10(18)6-8-19-15(12)21(17)16-14(23)13(22)11(24-16)7-9-25(2,3)4/h6,8,11,13-14,16,22-23H,2,5,7,9H2,1,3-4H3,(H2,18,19)/t11-,13-,14-,16?/m1/s1. The number of aliphatic hydroxyl groups excluding tert-OH is 2. The van der Waals surface area contributed by atoms with Crippen LogP contribution in [0.3, 0.4) is 0 Å². The largest absolute Gasteiger partial charge is 0.397 e. The fourth-order valence-electron chi connectivity index (χ4n) is 3.11. The molecule has 9 heteroatoms. The molecule has 0 saturated carbocycles. The van der Waals surface area contributed by atoms with Crippen LogP contribution in [0.25, 0.3) is 11.2 Å². The maximum absolute atomic E-state index is 10.7. The molecule has 0 amide bonds. The van der Waals surface area contributed by atoms with Crippen LogP contribution < -0.4 is 5.73 Å². The van der Waals surface area contributed by atoms with E-state index < -0.39 is 31.4 Å². The van der Waals surface area contributed by atoms with Gasteiger partial charge in [-0.2, -0.15) is 0 Å². The van der Waals surface area contributed by atoms with Gasteiger partial charge in [-0.15, -0.1) is 13.2 Å². The minimum absolute atomic E-state index is 0.436. The number of thioether (sulfide) groups is 1. The van der Waals surface area contributed by atoms with Gasteiger partial charge < -0.3 is 20.7 Å². The molecule has 144 valence electrons. The van der Waals surface area contributed by atoms with Gasteiger partial charge in [0.15, 0.2) is 17.0 Å². The van der Waals surface area contributed by atoms with Crippen molar-refractivity contribution in [3.8, 4) is 0 Å². The van der Waals surface area contributed by atoms with Gasteiger partial charge in [-0.05, 0) is 37.7 Å². The number of hydrogen-bond donors (Lipinski definition) is 3. The Labute approximate surface area is 157 Å². The summed E-state index contributed by atoms with van der Waals surface area (Å²) in [5, 5.41) is 21.8. The van der Waals surface area contributed by atoms with Gasteiger partial charge in [0.05, 0.1) is 11.8 Å². The lowest BCUT2D eigenvalue weighted by molar-refractivity contribution is -0.0400. The molecule has 2 aromatic heterocycles. The van der Waals surface area contributed by atoms with Gasteiger partial charge in [0.1, 0.15) is 17.7 Å². The topological polar surface area (TPSA) is 106 Å². The van der Waals surface area contributed by atoms with E-state index in [-0.39, 0.29) is 0 Å². The molecule has 4 atom stereocenters. The molecule has 0 spiro atoms. The molecule has 1 saturated heterocycles. The number of aliphatic hydroxyl groups is 2. The maximum atomic E-state index is 10.7. The quantitative estimate of drug-likeness (QED) is 0.504. The molecule has 7 nitrogen and oxygen atoms in total. The van der Waals surface area contributed by atoms with Crippen LogP contribution >= 0.6 is 18.6 Å². The molecule has 0 bridgehead atoms. The van der Waals surface area contributed by atoms with Gasteiger partial charge in [0, 0.05) is 6.20 Å². The molecule has 26 heavy (non-hydrogen) atoms. The highest BCUT2D eigenvalue weighted by molar-refractivity contribution is 7.99. The van der Waals surface area contributed by atoms with Crippen molar-refractivity contribution in [1.29, 1.82) is 0 Å². The van der Waals surface area contributed by atoms with Gasteiger partial charge in [0.2, 0.25) is 0 Å². The zero-order chi connectivity index (χ0) is 19.1. The Bertz CT molecular complexity index is 837. The van der Waals surface area contributed by atoms with Crippen molar-refractivity contribution in [2.45, 2.75) is 43.0 Å². The highest BCUT2D eigenvalue weighted by Gasteiger charge is 2.45. The summed E-state index contributed by atoms with van der Waals surface area (Å²) in [5.41, 5.74) is 7.71. The van der Waals surface area contributed by atoms with E-state index in [2.05, 4.69) is 29.6 Å². The normalized spacial score (nSPS) is 26.7. The van der Waals surface area contributed by atoms with Crippen molar-refractivity contribution in [3.63, 3.8) is 0 Å². The zero-order valence-electron chi connectivity index (χ0n) is 15.4. The fourth-order valence-corrected chi connectivity index (χ4v) is 4.80. The lowest BCUT2D eigenvalue weighted by Crippen LogP contribution is -2.32. The van der Waals surface area contributed by atoms with E-state index in [1.165, 1.54) is 11.8 Å². The summed E-state index contributed by atoms with van der Waals surface area (Å²) in [6, 6.07) is 1.70. The Morgan fingerprint density at radius 2 is 2.12 bits per heavy atom. The lowest BCUT2D eigenvalue weighted by Gasteiger charge is -2.19. The number of nitrogens with zero attached hydrogens (tertiary/aromatic N) is 3. The molecule has 1 aliphatic heterocycles. The van der Waals surface area contributed by atoms with Crippen molar-refractivity contribution in [2.24, 2.45) is 0 Å². The number of nitrogen functional groups attached to an aromatic ring is 1. The van der Waals surface area contributed by atoms with Crippen molar-refractivity contribution >= 4 is 41.8 Å². The van der Waals surface area contributed by atoms with Crippen LogP contribution in [0.1, 0.15) is 19.6 Å². The number of rotatable bonds is 6. The summed E-state index contributed by atoms with van der Waals surface area (Å²) in [4.78, 5) is 8.97. The maximum Gasteiger partial charge on any atom is 0.172 e. The molecule has 3 heterocycles. The van der Waals surface area contributed by atoms with E-state index in [1.807, 2.05) is 6.92 Å². The molecule has 0 aromatic carbocycles. The van der Waals surface area contributed by atoms with E-state index in [4.69, 9.17) is 10.5 Å². The van der Waals surface area contributed by atoms with E-state index in [1.54, 1.807) is 16.8 Å². The van der Waals surface area contributed by atoms with Crippen LogP contribution in [0.4, 0.5) is 5.69 Å². The molecule has 3 rings (SSSR count). The Kier molecular flexibility index (Phi) is 5.70. The van der Waals surface area contributed by atoms with Crippen LogP contribution in [0.5, 0.6) is 0 Å². The second-order valence-corrected chi connectivity index (χ2v) is 12.8. The summed E-state index contributed by atoms with van der Waals surface area (Å²) in [6.07, 6.45) is 4.18. The van der Waals surface area contributed by atoms with Crippen LogP contribution in [0.15, 0.2) is 17.4 Å². The molecule has 0 radical (unpaired) electrons. The third kappa shape index (κ3) is 3.80. The van der Waals surface area contributed by atoms with Crippen LogP contribution in [0, 0.1) is 0 Å². The molecule has 4 N–H and O–H groups in total. The van der Waals surface area contributed by atoms with Gasteiger partial charge in [-0.25, -0.2) is 9.97 Å². The Balaban J connectivity index is 1.96. The number of nitrogens with two attached hydrogens (primary N) is 1. The van der Waals surface area contributed by atoms with Gasteiger partial charge in [0.25, 0.3) is 0 Å². The Hall–Kier alpha value is -1.05. The molecular formula is C17H27N4O3PS. The zero-order valence-corrected chi connectivity index (χ0v) is 17.1. The number of hydrogen-bond acceptors (Lipinski definition) is 7. The molecule has 0 aliphatic carbocycles. The predicted octanol–water partition coefficient (Wildman–Crippen LogP) is 1.84. The minimum Gasteiger partial charge on any atom is -0.397 e. The average Bonchev–Trinajstić information content (AvgIpc) is 3.05. The first kappa shape index (κ1) is 19.7. The van der Waals surface area contributed by atoms with Crippen LogP contribution in [0.2, 0.25) is 0 Å². The number of fused-ring (bicyclic) bond motifs is 1. The second kappa shape index (κ2) is 7.52. The summed E-state index contributed by atoms with van der Waals surface area (Å²) >= 11 is 1.52. The molecule has 1 unspecified atom stereocenters. The fraction of sp³-hybridized carbons (Fsp3) is 0.588. The summed E-state index contributed by atoms with van der Waals surface area (Å²) in [7, 11) is 0. The molecular weight excluding hydrogens is 371 g/mol. The van der Waals surface area contributed by atoms with E-state index >= 15 is 0 Å². The first-order valence-electron chi connectivity index (χ1n) is 8.67. The average molecular weight is 398 g/mol. The predicted molar refractivity (Wildman–Crippen MR) is 110 cm³/mol. The van der Waals surface area contributed by atoms with Crippen LogP contribution in [-0.4, -0.2) is 74.6 Å². The monoisotopic (exact) mass is 398 g/mol. The van der Waals surface area contributed by atoms with Crippen molar-refractivity contribution in [3.05, 3.63) is 12.3 Å². The van der Waals surface area contributed by atoms with Gasteiger partial charge >= 0.3 is 0 Å². The molecule has 1 aliphatic rings. The number of ether oxygens (including phenoxy) is 1. The number of pyridine rings is 1. The lowest BCUT2D eigenvalue weighted by atomic mass is 10.1. The molecule has 1 fully saturated rings. The Morgan fingerprint density at radius 3 is 2.77 bits per heavy atom. The van der Waals surface area contributed by atoms with E-state index in [9.17, 15) is 10.2 Å². The number of imidazole rings is 1. The first-order chi connectivity index (χ1) is 12.2. The number of anilines is 1. The first-order valence-corrected chi connectivity index (χ1v) is 12.7.